The summed E-state index contributed by atoms with van der Waals surface area (Å²) in [4.78, 5) is 9.91. The summed E-state index contributed by atoms with van der Waals surface area (Å²) >= 11 is 3.20. The first-order valence-electron chi connectivity index (χ1n) is 3.64. The Bertz CT molecular complexity index is 338. The molecule has 0 heterocycles. The molecular weight excluding hydrogens is 238 g/mol. The fourth-order valence-corrected chi connectivity index (χ4v) is 1.54. The highest BCUT2D eigenvalue weighted by Gasteiger charge is 2.12. The molecule has 0 aliphatic carbocycles. The number of halogens is 1. The Morgan fingerprint density at radius 1 is 1.62 bits per heavy atom. The molecule has 0 aromatic heterocycles. The maximum Gasteiger partial charge on any atom is 0.269 e. The van der Waals surface area contributed by atoms with Gasteiger partial charge < -0.3 is 5.11 Å². The van der Waals surface area contributed by atoms with E-state index in [1.54, 1.807) is 13.0 Å². The van der Waals surface area contributed by atoms with Gasteiger partial charge in [0.2, 0.25) is 0 Å². The molecule has 0 saturated heterocycles. The lowest BCUT2D eigenvalue weighted by Crippen LogP contribution is -1.95. The van der Waals surface area contributed by atoms with E-state index < -0.39 is 11.0 Å². The number of hydrogen-bond donors (Lipinski definition) is 1. The summed E-state index contributed by atoms with van der Waals surface area (Å²) in [6.45, 7) is 1.56. The normalized spacial score (nSPS) is 12.5. The maximum atomic E-state index is 10.4. The van der Waals surface area contributed by atoms with Crippen LogP contribution in [-0.4, -0.2) is 10.0 Å². The lowest BCUT2D eigenvalue weighted by atomic mass is 10.1. The molecule has 0 saturated carbocycles. The smallest absolute Gasteiger partial charge is 0.269 e. The van der Waals surface area contributed by atoms with E-state index in [2.05, 4.69) is 15.9 Å². The van der Waals surface area contributed by atoms with E-state index in [1.807, 2.05) is 0 Å². The predicted octanol–water partition coefficient (Wildman–Crippen LogP) is 2.41. The molecule has 1 rings (SSSR count). The summed E-state index contributed by atoms with van der Waals surface area (Å²) in [5.41, 5.74) is 0.508. The lowest BCUT2D eigenvalue weighted by Gasteiger charge is -2.06. The molecule has 1 aromatic rings. The Morgan fingerprint density at radius 3 is 2.69 bits per heavy atom. The standard InChI is InChI=1S/C8H8BrNO3/c1-5(11)7-4-6(10(12)13)2-3-8(7)9/h2-5,11H,1H3. The first kappa shape index (κ1) is 10.1. The molecule has 5 heteroatoms. The molecule has 0 amide bonds. The van der Waals surface area contributed by atoms with E-state index in [9.17, 15) is 15.2 Å². The average Bonchev–Trinajstić information content (AvgIpc) is 2.04. The van der Waals surface area contributed by atoms with Crippen molar-refractivity contribution in [3.63, 3.8) is 0 Å². The Balaban J connectivity index is 3.19. The summed E-state index contributed by atoms with van der Waals surface area (Å²) in [6.07, 6.45) is -0.714. The lowest BCUT2D eigenvalue weighted by molar-refractivity contribution is -0.385. The number of nitro benzene ring substituents is 1. The minimum absolute atomic E-state index is 0.0147. The summed E-state index contributed by atoms with van der Waals surface area (Å²) < 4.78 is 0.674. The van der Waals surface area contributed by atoms with E-state index in [-0.39, 0.29) is 5.69 Å². The Morgan fingerprint density at radius 2 is 2.23 bits per heavy atom. The number of hydrogen-bond acceptors (Lipinski definition) is 3. The Labute approximate surface area is 83.5 Å². The average molecular weight is 246 g/mol. The molecule has 13 heavy (non-hydrogen) atoms. The molecule has 0 aliphatic heterocycles. The monoisotopic (exact) mass is 245 g/mol. The van der Waals surface area contributed by atoms with Crippen molar-refractivity contribution in [3.05, 3.63) is 38.3 Å². The summed E-state index contributed by atoms with van der Waals surface area (Å²) in [6, 6.07) is 4.30. The summed E-state index contributed by atoms with van der Waals surface area (Å²) in [5, 5.41) is 19.7. The van der Waals surface area contributed by atoms with Crippen LogP contribution in [0.1, 0.15) is 18.6 Å². The molecule has 0 aliphatic rings. The van der Waals surface area contributed by atoms with Crippen molar-refractivity contribution in [1.82, 2.24) is 0 Å². The molecule has 0 radical (unpaired) electrons. The van der Waals surface area contributed by atoms with Crippen molar-refractivity contribution in [1.29, 1.82) is 0 Å². The minimum Gasteiger partial charge on any atom is -0.389 e. The highest BCUT2D eigenvalue weighted by molar-refractivity contribution is 9.10. The topological polar surface area (TPSA) is 63.4 Å². The van der Waals surface area contributed by atoms with E-state index in [4.69, 9.17) is 0 Å². The van der Waals surface area contributed by atoms with E-state index in [0.717, 1.165) is 0 Å². The number of aliphatic hydroxyl groups is 1. The molecule has 1 atom stereocenters. The second kappa shape index (κ2) is 3.85. The van der Waals surface area contributed by atoms with Gasteiger partial charge in [-0.2, -0.15) is 0 Å². The van der Waals surface area contributed by atoms with Crippen LogP contribution in [0, 0.1) is 10.1 Å². The van der Waals surface area contributed by atoms with Crippen LogP contribution in [0.25, 0.3) is 0 Å². The second-order valence-electron chi connectivity index (χ2n) is 2.64. The van der Waals surface area contributed by atoms with Crippen LogP contribution in [0.4, 0.5) is 5.69 Å². The largest absolute Gasteiger partial charge is 0.389 e. The van der Waals surface area contributed by atoms with Gasteiger partial charge in [0.15, 0.2) is 0 Å². The van der Waals surface area contributed by atoms with E-state index in [1.165, 1.54) is 12.1 Å². The van der Waals surface area contributed by atoms with Crippen LogP contribution in [0.3, 0.4) is 0 Å². The molecule has 1 aromatic carbocycles. The zero-order chi connectivity index (χ0) is 10.0. The van der Waals surface area contributed by atoms with Gasteiger partial charge in [-0.1, -0.05) is 15.9 Å². The van der Waals surface area contributed by atoms with E-state index in [0.29, 0.717) is 10.0 Å². The maximum absolute atomic E-state index is 10.4. The van der Waals surface area contributed by atoms with Crippen molar-refractivity contribution in [2.75, 3.05) is 0 Å². The first-order valence-corrected chi connectivity index (χ1v) is 4.43. The number of nitro groups is 1. The number of rotatable bonds is 2. The quantitative estimate of drug-likeness (QED) is 0.643. The molecule has 0 spiro atoms. The van der Waals surface area contributed by atoms with Crippen molar-refractivity contribution >= 4 is 21.6 Å². The van der Waals surface area contributed by atoms with Crippen LogP contribution in [0.15, 0.2) is 22.7 Å². The van der Waals surface area contributed by atoms with Gasteiger partial charge in [-0.05, 0) is 13.0 Å². The summed E-state index contributed by atoms with van der Waals surface area (Å²) in [5.74, 6) is 0. The third kappa shape index (κ3) is 2.26. The van der Waals surface area contributed by atoms with E-state index >= 15 is 0 Å². The SMILES string of the molecule is CC(O)c1cc([N+](=O)[O-])ccc1Br. The first-order chi connectivity index (χ1) is 6.02. The van der Waals surface area contributed by atoms with Crippen molar-refractivity contribution in [3.8, 4) is 0 Å². The number of nitrogens with zero attached hydrogens (tertiary/aromatic N) is 1. The van der Waals surface area contributed by atoms with Gasteiger partial charge in [-0.25, -0.2) is 0 Å². The third-order valence-electron chi connectivity index (χ3n) is 1.64. The second-order valence-corrected chi connectivity index (χ2v) is 3.49. The van der Waals surface area contributed by atoms with Gasteiger partial charge in [0.25, 0.3) is 5.69 Å². The number of non-ortho nitro benzene ring substituents is 1. The van der Waals surface area contributed by atoms with Gasteiger partial charge >= 0.3 is 0 Å². The van der Waals surface area contributed by atoms with Crippen LogP contribution in [0.2, 0.25) is 0 Å². The molecule has 70 valence electrons. The van der Waals surface area contributed by atoms with Crippen LogP contribution < -0.4 is 0 Å². The zero-order valence-corrected chi connectivity index (χ0v) is 8.48. The van der Waals surface area contributed by atoms with Gasteiger partial charge in [-0.15, -0.1) is 0 Å². The van der Waals surface area contributed by atoms with Crippen LogP contribution >= 0.6 is 15.9 Å². The molecule has 0 fully saturated rings. The zero-order valence-electron chi connectivity index (χ0n) is 6.90. The highest BCUT2D eigenvalue weighted by atomic mass is 79.9. The van der Waals surface area contributed by atoms with Crippen molar-refractivity contribution in [2.24, 2.45) is 0 Å². The molecular formula is C8H8BrNO3. The molecule has 4 nitrogen and oxygen atoms in total. The number of benzene rings is 1. The molecule has 0 bridgehead atoms. The van der Waals surface area contributed by atoms with Gasteiger partial charge in [0.1, 0.15) is 0 Å². The van der Waals surface area contributed by atoms with Crippen LogP contribution in [0.5, 0.6) is 0 Å². The summed E-state index contributed by atoms with van der Waals surface area (Å²) in [7, 11) is 0. The van der Waals surface area contributed by atoms with Crippen molar-refractivity contribution < 1.29 is 10.0 Å². The predicted molar refractivity (Wildman–Crippen MR) is 51.4 cm³/mol. The van der Waals surface area contributed by atoms with Gasteiger partial charge in [-0.3, -0.25) is 10.1 Å². The minimum atomic E-state index is -0.714. The Hall–Kier alpha value is -0.940. The highest BCUT2D eigenvalue weighted by Crippen LogP contribution is 2.27. The van der Waals surface area contributed by atoms with Crippen molar-refractivity contribution in [2.45, 2.75) is 13.0 Å². The molecule has 1 unspecified atom stereocenters. The van der Waals surface area contributed by atoms with Gasteiger partial charge in [0, 0.05) is 22.2 Å². The third-order valence-corrected chi connectivity index (χ3v) is 2.36. The van der Waals surface area contributed by atoms with Gasteiger partial charge in [0.05, 0.1) is 11.0 Å². The fourth-order valence-electron chi connectivity index (χ4n) is 0.965. The van der Waals surface area contributed by atoms with Crippen LogP contribution in [-0.2, 0) is 0 Å². The molecule has 1 N–H and O–H groups in total. The Kier molecular flexibility index (Phi) is 3.00. The fraction of sp³-hybridized carbons (Fsp3) is 0.250. The number of aliphatic hydroxyl groups excluding tert-OH is 1.